The van der Waals surface area contributed by atoms with Gasteiger partial charge in [0, 0.05) is 12.3 Å². The number of aliphatic hydroxyl groups is 2. The Morgan fingerprint density at radius 1 is 1.58 bits per heavy atom. The summed E-state index contributed by atoms with van der Waals surface area (Å²) in [6, 6.07) is -0.783. The zero-order chi connectivity index (χ0) is 9.56. The molecule has 4 N–H and O–H groups in total. The first kappa shape index (κ1) is 11.7. The molecule has 0 rings (SSSR count). The van der Waals surface area contributed by atoms with Gasteiger partial charge in [0.15, 0.2) is 0 Å². The fourth-order valence-electron chi connectivity index (χ4n) is 0.573. The van der Waals surface area contributed by atoms with E-state index in [0.29, 0.717) is 0 Å². The highest BCUT2D eigenvalue weighted by molar-refractivity contribution is 7.80. The van der Waals surface area contributed by atoms with Gasteiger partial charge in [0.25, 0.3) is 0 Å². The molecule has 0 fully saturated rings. The number of carbonyl (C=O) groups is 1. The fourth-order valence-corrected chi connectivity index (χ4v) is 0.858. The smallest absolute Gasteiger partial charge is 0.321 e. The lowest BCUT2D eigenvalue weighted by atomic mass is 10.3. The van der Waals surface area contributed by atoms with Crippen molar-refractivity contribution in [3.63, 3.8) is 0 Å². The first-order chi connectivity index (χ1) is 5.61. The third-order valence-electron chi connectivity index (χ3n) is 1.29. The average molecular weight is 195 g/mol. The van der Waals surface area contributed by atoms with Gasteiger partial charge in [-0.2, -0.15) is 12.6 Å². The number of aliphatic hydroxyl groups excluding tert-OH is 2. The predicted molar refractivity (Wildman–Crippen MR) is 46.4 cm³/mol. The monoisotopic (exact) mass is 195 g/mol. The highest BCUT2D eigenvalue weighted by Gasteiger charge is 2.15. The molecule has 1 unspecified atom stereocenters. The topological polar surface area (TPSA) is 89.8 Å². The van der Waals surface area contributed by atoms with Crippen molar-refractivity contribution in [1.82, 2.24) is 5.32 Å². The molecule has 72 valence electrons. The summed E-state index contributed by atoms with van der Waals surface area (Å²) in [5.74, 6) is -0.872. The van der Waals surface area contributed by atoms with Crippen LogP contribution in [-0.2, 0) is 4.79 Å². The zero-order valence-electron chi connectivity index (χ0n) is 6.47. The molecular formula is C6H13NO4S. The molecule has 0 saturated heterocycles. The van der Waals surface area contributed by atoms with Crippen molar-refractivity contribution >= 4 is 18.6 Å². The van der Waals surface area contributed by atoms with Gasteiger partial charge in [0.1, 0.15) is 6.04 Å². The Labute approximate surface area is 75.8 Å². The molecule has 0 saturated carbocycles. The van der Waals surface area contributed by atoms with E-state index in [0.717, 1.165) is 0 Å². The maximum absolute atomic E-state index is 10.4. The van der Waals surface area contributed by atoms with Crippen LogP contribution in [0.2, 0.25) is 0 Å². The first-order valence-electron chi connectivity index (χ1n) is 3.47. The van der Waals surface area contributed by atoms with Crippen LogP contribution in [0.25, 0.3) is 0 Å². The second kappa shape index (κ2) is 6.24. The van der Waals surface area contributed by atoms with Crippen LogP contribution in [0.1, 0.15) is 0 Å². The lowest BCUT2D eigenvalue weighted by Gasteiger charge is -2.13. The van der Waals surface area contributed by atoms with Crippen LogP contribution in [0.15, 0.2) is 0 Å². The number of hydrogen-bond donors (Lipinski definition) is 5. The molecule has 5 nitrogen and oxygen atoms in total. The van der Waals surface area contributed by atoms with Crippen molar-refractivity contribution in [1.29, 1.82) is 0 Å². The van der Waals surface area contributed by atoms with Crippen LogP contribution in [0, 0.1) is 0 Å². The molecule has 0 aliphatic rings. The Balaban J connectivity index is 3.65. The second-order valence-corrected chi connectivity index (χ2v) is 2.68. The summed E-state index contributed by atoms with van der Waals surface area (Å²) in [6.45, 7) is -0.333. The Bertz CT molecular complexity index is 144. The molecule has 0 aromatic heterocycles. The molecule has 0 heterocycles. The first-order valence-corrected chi connectivity index (χ1v) is 4.11. The fraction of sp³-hybridized carbons (Fsp3) is 0.833. The van der Waals surface area contributed by atoms with Crippen LogP contribution in [0.5, 0.6) is 0 Å². The Kier molecular flexibility index (Phi) is 6.09. The standard InChI is InChI=1S/C6H13NO4S/c8-2-4(9)1-7-5(3-12)6(10)11/h4-5,7-9,12H,1-3H2,(H,10,11)/t4?,5-/m0/s1. The maximum Gasteiger partial charge on any atom is 0.321 e. The van der Waals surface area contributed by atoms with E-state index in [4.69, 9.17) is 15.3 Å². The van der Waals surface area contributed by atoms with Gasteiger partial charge in [-0.3, -0.25) is 4.79 Å². The van der Waals surface area contributed by atoms with Crippen molar-refractivity contribution in [2.24, 2.45) is 0 Å². The second-order valence-electron chi connectivity index (χ2n) is 2.32. The van der Waals surface area contributed by atoms with Crippen molar-refractivity contribution in [3.05, 3.63) is 0 Å². The van der Waals surface area contributed by atoms with Gasteiger partial charge in [-0.1, -0.05) is 0 Å². The predicted octanol–water partition coefficient (Wildman–Crippen LogP) is -1.69. The molecule has 0 aliphatic carbocycles. The lowest BCUT2D eigenvalue weighted by molar-refractivity contribution is -0.138. The largest absolute Gasteiger partial charge is 0.480 e. The molecule has 0 aromatic carbocycles. The van der Waals surface area contributed by atoms with Crippen molar-refractivity contribution in [3.8, 4) is 0 Å². The molecule has 0 aliphatic heterocycles. The van der Waals surface area contributed by atoms with Crippen LogP contribution >= 0.6 is 12.6 Å². The number of thiol groups is 1. The Hall–Kier alpha value is -0.300. The maximum atomic E-state index is 10.4. The van der Waals surface area contributed by atoms with Gasteiger partial charge in [0.2, 0.25) is 0 Å². The van der Waals surface area contributed by atoms with Crippen LogP contribution in [0.3, 0.4) is 0 Å². The van der Waals surface area contributed by atoms with E-state index in [1.165, 1.54) is 0 Å². The van der Waals surface area contributed by atoms with Gasteiger partial charge in [-0.05, 0) is 0 Å². The third kappa shape index (κ3) is 4.55. The van der Waals surface area contributed by atoms with Crippen LogP contribution in [0.4, 0.5) is 0 Å². The third-order valence-corrected chi connectivity index (χ3v) is 1.66. The molecule has 0 spiro atoms. The van der Waals surface area contributed by atoms with E-state index in [-0.39, 0.29) is 18.9 Å². The summed E-state index contributed by atoms with van der Waals surface area (Å²) < 4.78 is 0. The highest BCUT2D eigenvalue weighted by Crippen LogP contribution is 1.88. The number of nitrogens with one attached hydrogen (secondary N) is 1. The zero-order valence-corrected chi connectivity index (χ0v) is 7.37. The lowest BCUT2D eigenvalue weighted by Crippen LogP contribution is -2.43. The summed E-state index contributed by atoms with van der Waals surface area (Å²) in [5, 5.41) is 28.3. The van der Waals surface area contributed by atoms with Crippen molar-refractivity contribution in [2.45, 2.75) is 12.1 Å². The van der Waals surface area contributed by atoms with Gasteiger partial charge < -0.3 is 20.6 Å². The highest BCUT2D eigenvalue weighted by atomic mass is 32.1. The van der Waals surface area contributed by atoms with E-state index < -0.39 is 18.1 Å². The Morgan fingerprint density at radius 3 is 2.50 bits per heavy atom. The van der Waals surface area contributed by atoms with Gasteiger partial charge >= 0.3 is 5.97 Å². The number of rotatable bonds is 6. The van der Waals surface area contributed by atoms with E-state index in [1.54, 1.807) is 0 Å². The quantitative estimate of drug-likeness (QED) is 0.326. The SMILES string of the molecule is O=C(O)[C@H](CS)NCC(O)CO. The van der Waals surface area contributed by atoms with E-state index in [2.05, 4.69) is 17.9 Å². The minimum atomic E-state index is -1.02. The van der Waals surface area contributed by atoms with Crippen LogP contribution < -0.4 is 5.32 Å². The summed E-state index contributed by atoms with van der Waals surface area (Å²) in [5.41, 5.74) is 0. The number of hydrogen-bond acceptors (Lipinski definition) is 5. The molecule has 0 aromatic rings. The average Bonchev–Trinajstić information content (AvgIpc) is 2.04. The molecule has 6 heteroatoms. The minimum absolute atomic E-state index is 0.0496. The van der Waals surface area contributed by atoms with Gasteiger partial charge in [-0.15, -0.1) is 0 Å². The number of carboxylic acid groups (broad SMARTS) is 1. The molecular weight excluding hydrogens is 182 g/mol. The molecule has 0 radical (unpaired) electrons. The van der Waals surface area contributed by atoms with Crippen LogP contribution in [-0.4, -0.2) is 52.3 Å². The molecule has 2 atom stereocenters. The summed E-state index contributed by atoms with van der Waals surface area (Å²) in [7, 11) is 0. The summed E-state index contributed by atoms with van der Waals surface area (Å²) in [6.07, 6.45) is -0.924. The molecule has 0 amide bonds. The minimum Gasteiger partial charge on any atom is -0.480 e. The summed E-state index contributed by atoms with van der Waals surface area (Å²) >= 11 is 3.80. The number of carboxylic acids is 1. The molecule has 12 heavy (non-hydrogen) atoms. The van der Waals surface area contributed by atoms with Gasteiger partial charge in [-0.25, -0.2) is 0 Å². The van der Waals surface area contributed by atoms with E-state index in [9.17, 15) is 4.79 Å². The Morgan fingerprint density at radius 2 is 2.17 bits per heavy atom. The van der Waals surface area contributed by atoms with Crippen molar-refractivity contribution < 1.29 is 20.1 Å². The number of aliphatic carboxylic acids is 1. The van der Waals surface area contributed by atoms with Gasteiger partial charge in [0.05, 0.1) is 12.7 Å². The molecule has 0 bridgehead atoms. The van der Waals surface area contributed by atoms with E-state index in [1.807, 2.05) is 0 Å². The summed E-state index contributed by atoms with van der Waals surface area (Å²) in [4.78, 5) is 10.4. The normalized spacial score (nSPS) is 15.6. The van der Waals surface area contributed by atoms with E-state index >= 15 is 0 Å². The van der Waals surface area contributed by atoms with Crippen molar-refractivity contribution in [2.75, 3.05) is 18.9 Å².